The molecule has 4 atom stereocenters. The number of hydrogen-bond acceptors (Lipinski definition) is 7. The maximum Gasteiger partial charge on any atom is 0.326 e. The molecule has 186 valence electrons. The number of benzene rings is 1. The molecule has 4 unspecified atom stereocenters. The van der Waals surface area contributed by atoms with E-state index in [1.807, 2.05) is 0 Å². The number of aliphatic carboxylic acids is 2. The van der Waals surface area contributed by atoms with Gasteiger partial charge < -0.3 is 37.6 Å². The van der Waals surface area contributed by atoms with Gasteiger partial charge in [-0.2, -0.15) is 0 Å². The lowest BCUT2D eigenvalue weighted by Gasteiger charge is -2.24. The zero-order chi connectivity index (χ0) is 25.8. The highest BCUT2D eigenvalue weighted by molar-refractivity contribution is 5.95. The van der Waals surface area contributed by atoms with Gasteiger partial charge in [0.05, 0.1) is 12.5 Å². The van der Waals surface area contributed by atoms with Crippen molar-refractivity contribution in [2.75, 3.05) is 0 Å². The Morgan fingerprint density at radius 1 is 0.853 bits per heavy atom. The summed E-state index contributed by atoms with van der Waals surface area (Å²) in [4.78, 5) is 71.2. The van der Waals surface area contributed by atoms with Gasteiger partial charge >= 0.3 is 11.9 Å². The number of nitrogens with two attached hydrogens (primary N) is 2. The summed E-state index contributed by atoms with van der Waals surface area (Å²) < 4.78 is 0. The molecule has 13 nitrogen and oxygen atoms in total. The van der Waals surface area contributed by atoms with Gasteiger partial charge in [0.2, 0.25) is 23.6 Å². The van der Waals surface area contributed by atoms with Gasteiger partial charge in [0.15, 0.2) is 0 Å². The highest BCUT2D eigenvalue weighted by Gasteiger charge is 2.31. The van der Waals surface area contributed by atoms with Gasteiger partial charge in [-0.3, -0.25) is 24.0 Å². The molecule has 0 saturated carbocycles. The Hall–Kier alpha value is -4.00. The molecule has 4 amide bonds. The molecule has 34 heavy (non-hydrogen) atoms. The fraction of sp³-hybridized carbons (Fsp3) is 0.429. The molecule has 0 spiro atoms. The molecule has 0 saturated heterocycles. The number of hydrogen-bond donors (Lipinski definition) is 7. The first-order chi connectivity index (χ1) is 15.9. The van der Waals surface area contributed by atoms with Crippen molar-refractivity contribution in [3.63, 3.8) is 0 Å². The Morgan fingerprint density at radius 2 is 1.38 bits per heavy atom. The van der Waals surface area contributed by atoms with Gasteiger partial charge in [-0.1, -0.05) is 30.3 Å². The summed E-state index contributed by atoms with van der Waals surface area (Å²) in [6.45, 7) is 1.42. The molecule has 0 bridgehead atoms. The Balaban J connectivity index is 3.09. The van der Waals surface area contributed by atoms with Crippen molar-refractivity contribution in [3.05, 3.63) is 35.9 Å². The second-order valence-corrected chi connectivity index (χ2v) is 7.60. The number of carboxylic acid groups (broad SMARTS) is 2. The van der Waals surface area contributed by atoms with Crippen LogP contribution in [0.2, 0.25) is 0 Å². The lowest BCUT2D eigenvalue weighted by molar-refractivity contribution is -0.144. The van der Waals surface area contributed by atoms with Crippen LogP contribution in [0.3, 0.4) is 0 Å². The van der Waals surface area contributed by atoms with Crippen LogP contribution in [0.5, 0.6) is 0 Å². The highest BCUT2D eigenvalue weighted by Crippen LogP contribution is 2.07. The number of carboxylic acids is 2. The van der Waals surface area contributed by atoms with Gasteiger partial charge in [0.1, 0.15) is 18.1 Å². The van der Waals surface area contributed by atoms with Gasteiger partial charge in [-0.05, 0) is 18.9 Å². The molecule has 0 aliphatic carbocycles. The number of amides is 4. The fourth-order valence-electron chi connectivity index (χ4n) is 2.84. The first-order valence-corrected chi connectivity index (χ1v) is 10.3. The summed E-state index contributed by atoms with van der Waals surface area (Å²) in [5.41, 5.74) is 11.2. The SMILES string of the molecule is CC(N)C(=O)NC(Cc1ccccc1)C(=O)NC(CCC(=O)O)C(=O)NC(CC(N)=O)C(=O)O. The maximum atomic E-state index is 13.0. The van der Waals surface area contributed by atoms with E-state index in [-0.39, 0.29) is 12.8 Å². The van der Waals surface area contributed by atoms with Gasteiger partial charge in [0, 0.05) is 12.8 Å². The molecule has 0 aliphatic rings. The predicted octanol–water partition coefficient (Wildman–Crippen LogP) is -2.14. The molecule has 1 aromatic carbocycles. The zero-order valence-corrected chi connectivity index (χ0v) is 18.5. The van der Waals surface area contributed by atoms with E-state index in [0.717, 1.165) is 0 Å². The minimum Gasteiger partial charge on any atom is -0.481 e. The van der Waals surface area contributed by atoms with Crippen molar-refractivity contribution < 1.29 is 39.0 Å². The zero-order valence-electron chi connectivity index (χ0n) is 18.5. The van der Waals surface area contributed by atoms with Crippen molar-refractivity contribution in [2.45, 2.75) is 56.8 Å². The Labute approximate surface area is 195 Å². The van der Waals surface area contributed by atoms with Crippen molar-refractivity contribution >= 4 is 35.6 Å². The lowest BCUT2D eigenvalue weighted by Crippen LogP contribution is -2.57. The number of primary amides is 1. The van der Waals surface area contributed by atoms with Gasteiger partial charge in [-0.25, -0.2) is 4.79 Å². The largest absolute Gasteiger partial charge is 0.481 e. The van der Waals surface area contributed by atoms with Crippen LogP contribution in [-0.2, 0) is 35.2 Å². The molecule has 0 fully saturated rings. The summed E-state index contributed by atoms with van der Waals surface area (Å²) in [6, 6.07) is 3.41. The Bertz CT molecular complexity index is 906. The third-order valence-electron chi connectivity index (χ3n) is 4.63. The molecule has 0 radical (unpaired) electrons. The van der Waals surface area contributed by atoms with E-state index in [9.17, 15) is 33.9 Å². The lowest BCUT2D eigenvalue weighted by atomic mass is 10.0. The molecule has 13 heteroatoms. The molecule has 1 rings (SSSR count). The first kappa shape index (κ1) is 28.0. The summed E-state index contributed by atoms with van der Waals surface area (Å²) >= 11 is 0. The van der Waals surface area contributed by atoms with Crippen LogP contribution in [0.15, 0.2) is 30.3 Å². The van der Waals surface area contributed by atoms with Crippen LogP contribution in [-0.4, -0.2) is 69.9 Å². The molecule has 0 heterocycles. The molecular formula is C21H29N5O8. The standard InChI is InChI=1S/C21H29N5O8/c1-11(22)18(30)25-14(9-12-5-3-2-4-6-12)20(32)24-13(7-8-17(28)29)19(31)26-15(21(33)34)10-16(23)27/h2-6,11,13-15H,7-10,22H2,1H3,(H2,23,27)(H,24,32)(H,25,30)(H,26,31)(H,28,29)(H,33,34). The predicted molar refractivity (Wildman–Crippen MR) is 118 cm³/mol. The summed E-state index contributed by atoms with van der Waals surface area (Å²) in [7, 11) is 0. The van der Waals surface area contributed by atoms with Crippen molar-refractivity contribution in [1.82, 2.24) is 16.0 Å². The third kappa shape index (κ3) is 10.1. The van der Waals surface area contributed by atoms with Gasteiger partial charge in [-0.15, -0.1) is 0 Å². The van der Waals surface area contributed by atoms with E-state index in [2.05, 4.69) is 16.0 Å². The van der Waals surface area contributed by atoms with Crippen molar-refractivity contribution in [3.8, 4) is 0 Å². The van der Waals surface area contributed by atoms with Crippen LogP contribution in [0.1, 0.15) is 31.7 Å². The fourth-order valence-corrected chi connectivity index (χ4v) is 2.84. The molecule has 9 N–H and O–H groups in total. The third-order valence-corrected chi connectivity index (χ3v) is 4.63. The van der Waals surface area contributed by atoms with E-state index < -0.39 is 72.6 Å². The average molecular weight is 479 g/mol. The molecule has 1 aromatic rings. The van der Waals surface area contributed by atoms with Crippen LogP contribution in [0, 0.1) is 0 Å². The number of rotatable bonds is 14. The Kier molecular flexibility index (Phi) is 11.2. The van der Waals surface area contributed by atoms with Gasteiger partial charge in [0.25, 0.3) is 0 Å². The summed E-state index contributed by atoms with van der Waals surface area (Å²) in [5, 5.41) is 25.1. The number of nitrogens with one attached hydrogen (secondary N) is 3. The van der Waals surface area contributed by atoms with E-state index in [1.165, 1.54) is 6.92 Å². The summed E-state index contributed by atoms with van der Waals surface area (Å²) in [5.74, 6) is -6.26. The minimum atomic E-state index is -1.67. The van der Waals surface area contributed by atoms with Crippen molar-refractivity contribution in [1.29, 1.82) is 0 Å². The normalized spacial score (nSPS) is 14.1. The minimum absolute atomic E-state index is 0.0395. The monoisotopic (exact) mass is 479 g/mol. The van der Waals surface area contributed by atoms with Crippen LogP contribution in [0.4, 0.5) is 0 Å². The Morgan fingerprint density at radius 3 is 1.88 bits per heavy atom. The molecule has 0 aromatic heterocycles. The smallest absolute Gasteiger partial charge is 0.326 e. The highest BCUT2D eigenvalue weighted by atomic mass is 16.4. The summed E-state index contributed by atoms with van der Waals surface area (Å²) in [6.07, 6.45) is -1.57. The first-order valence-electron chi connectivity index (χ1n) is 10.3. The van der Waals surface area contributed by atoms with E-state index in [4.69, 9.17) is 16.6 Å². The van der Waals surface area contributed by atoms with E-state index in [1.54, 1.807) is 30.3 Å². The maximum absolute atomic E-state index is 13.0. The van der Waals surface area contributed by atoms with Crippen LogP contribution in [0.25, 0.3) is 0 Å². The topological polar surface area (TPSA) is 231 Å². The molecular weight excluding hydrogens is 450 g/mol. The van der Waals surface area contributed by atoms with Crippen LogP contribution >= 0.6 is 0 Å². The quantitative estimate of drug-likeness (QED) is 0.154. The number of carbonyl (C=O) groups is 6. The van der Waals surface area contributed by atoms with Crippen molar-refractivity contribution in [2.24, 2.45) is 11.5 Å². The van der Waals surface area contributed by atoms with E-state index >= 15 is 0 Å². The average Bonchev–Trinajstić information content (AvgIpc) is 2.75. The second kappa shape index (κ2) is 13.5. The second-order valence-electron chi connectivity index (χ2n) is 7.60. The van der Waals surface area contributed by atoms with Crippen LogP contribution < -0.4 is 27.4 Å². The molecule has 0 aliphatic heterocycles. The van der Waals surface area contributed by atoms with E-state index in [0.29, 0.717) is 5.56 Å². The number of carbonyl (C=O) groups excluding carboxylic acids is 4.